The second-order valence-electron chi connectivity index (χ2n) is 4.49. The smallest absolute Gasteiger partial charge is 0.242 e. The highest BCUT2D eigenvalue weighted by atomic mass is 16.5. The standard InChI is InChI=1S/C13H19N3O2/c1-10(11-3-5-14-6-4-11)16(2)13(17)12-9-18-8-7-15-12/h3-6,10,12,15H,7-9H2,1-2H3. The second-order valence-corrected chi connectivity index (χ2v) is 4.49. The number of likely N-dealkylation sites (N-methyl/N-ethyl adjacent to an activating group) is 1. The molecule has 1 aromatic heterocycles. The number of hydrogen-bond donors (Lipinski definition) is 1. The van der Waals surface area contributed by atoms with Crippen LogP contribution in [0.1, 0.15) is 18.5 Å². The first-order valence-corrected chi connectivity index (χ1v) is 6.18. The van der Waals surface area contributed by atoms with Crippen LogP contribution < -0.4 is 5.32 Å². The van der Waals surface area contributed by atoms with Crippen LogP contribution in [0.5, 0.6) is 0 Å². The SMILES string of the molecule is CC(c1ccncc1)N(C)C(=O)C1COCCN1. The summed E-state index contributed by atoms with van der Waals surface area (Å²) in [5, 5.41) is 3.18. The number of carbonyl (C=O) groups is 1. The Morgan fingerprint density at radius 3 is 2.89 bits per heavy atom. The number of nitrogens with zero attached hydrogens (tertiary/aromatic N) is 2. The fourth-order valence-corrected chi connectivity index (χ4v) is 2.03. The lowest BCUT2D eigenvalue weighted by molar-refractivity contribution is -0.137. The third kappa shape index (κ3) is 2.86. The topological polar surface area (TPSA) is 54.5 Å². The van der Waals surface area contributed by atoms with E-state index in [1.165, 1.54) is 0 Å². The molecule has 1 fully saturated rings. The van der Waals surface area contributed by atoms with Crippen molar-refractivity contribution in [3.05, 3.63) is 30.1 Å². The van der Waals surface area contributed by atoms with Gasteiger partial charge in [0.25, 0.3) is 0 Å². The van der Waals surface area contributed by atoms with Crippen LogP contribution in [0.3, 0.4) is 0 Å². The molecule has 2 atom stereocenters. The molecule has 5 heteroatoms. The number of morpholine rings is 1. The van der Waals surface area contributed by atoms with Crippen LogP contribution in [-0.2, 0) is 9.53 Å². The summed E-state index contributed by atoms with van der Waals surface area (Å²) in [6.07, 6.45) is 3.48. The summed E-state index contributed by atoms with van der Waals surface area (Å²) in [7, 11) is 1.82. The molecule has 18 heavy (non-hydrogen) atoms. The number of hydrogen-bond acceptors (Lipinski definition) is 4. The normalized spacial score (nSPS) is 21.3. The highest BCUT2D eigenvalue weighted by Crippen LogP contribution is 2.18. The summed E-state index contributed by atoms with van der Waals surface area (Å²) in [5.74, 6) is 0.0685. The molecule has 0 saturated carbocycles. The van der Waals surface area contributed by atoms with Crippen molar-refractivity contribution in [1.82, 2.24) is 15.2 Å². The van der Waals surface area contributed by atoms with Gasteiger partial charge in [0.1, 0.15) is 6.04 Å². The first-order chi connectivity index (χ1) is 8.70. The Morgan fingerprint density at radius 2 is 2.28 bits per heavy atom. The minimum Gasteiger partial charge on any atom is -0.378 e. The summed E-state index contributed by atoms with van der Waals surface area (Å²) < 4.78 is 5.32. The monoisotopic (exact) mass is 249 g/mol. The first kappa shape index (κ1) is 13.0. The fourth-order valence-electron chi connectivity index (χ4n) is 2.03. The van der Waals surface area contributed by atoms with E-state index in [1.54, 1.807) is 17.3 Å². The summed E-state index contributed by atoms with van der Waals surface area (Å²) in [5.41, 5.74) is 1.08. The zero-order chi connectivity index (χ0) is 13.0. The molecule has 2 rings (SSSR count). The molecule has 0 aromatic carbocycles. The van der Waals surface area contributed by atoms with Gasteiger partial charge in [-0.3, -0.25) is 9.78 Å². The van der Waals surface area contributed by atoms with E-state index in [2.05, 4.69) is 10.3 Å². The Balaban J connectivity index is 2.01. The number of rotatable bonds is 3. The van der Waals surface area contributed by atoms with E-state index in [4.69, 9.17) is 4.74 Å². The third-order valence-corrected chi connectivity index (χ3v) is 3.34. The van der Waals surface area contributed by atoms with Gasteiger partial charge in [-0.2, -0.15) is 0 Å². The fraction of sp³-hybridized carbons (Fsp3) is 0.538. The molecule has 0 radical (unpaired) electrons. The van der Waals surface area contributed by atoms with Crippen molar-refractivity contribution in [1.29, 1.82) is 0 Å². The molecule has 1 saturated heterocycles. The second kappa shape index (κ2) is 5.93. The van der Waals surface area contributed by atoms with Gasteiger partial charge in [-0.25, -0.2) is 0 Å². The molecule has 0 aliphatic carbocycles. The zero-order valence-electron chi connectivity index (χ0n) is 10.8. The average molecular weight is 249 g/mol. The van der Waals surface area contributed by atoms with E-state index in [0.717, 1.165) is 12.1 Å². The molecule has 1 aliphatic heterocycles. The van der Waals surface area contributed by atoms with Crippen molar-refractivity contribution in [2.75, 3.05) is 26.8 Å². The first-order valence-electron chi connectivity index (χ1n) is 6.18. The summed E-state index contributed by atoms with van der Waals surface area (Å²) in [6.45, 7) is 3.87. The van der Waals surface area contributed by atoms with E-state index in [1.807, 2.05) is 26.1 Å². The molecule has 2 heterocycles. The maximum Gasteiger partial charge on any atom is 0.242 e. The molecule has 98 valence electrons. The van der Waals surface area contributed by atoms with Gasteiger partial charge >= 0.3 is 0 Å². The largest absolute Gasteiger partial charge is 0.378 e. The summed E-state index contributed by atoms with van der Waals surface area (Å²) >= 11 is 0. The number of amides is 1. The lowest BCUT2D eigenvalue weighted by atomic mass is 10.1. The quantitative estimate of drug-likeness (QED) is 0.852. The molecule has 5 nitrogen and oxygen atoms in total. The molecule has 1 N–H and O–H groups in total. The Labute approximate surface area is 107 Å². The van der Waals surface area contributed by atoms with Gasteiger partial charge < -0.3 is 15.0 Å². The van der Waals surface area contributed by atoms with Crippen LogP contribution in [0, 0.1) is 0 Å². The van der Waals surface area contributed by atoms with Gasteiger partial charge in [-0.15, -0.1) is 0 Å². The number of ether oxygens (including phenoxy) is 1. The van der Waals surface area contributed by atoms with Gasteiger partial charge in [0.05, 0.1) is 19.3 Å². The number of carbonyl (C=O) groups excluding carboxylic acids is 1. The maximum absolute atomic E-state index is 12.3. The van der Waals surface area contributed by atoms with Crippen LogP contribution in [0.15, 0.2) is 24.5 Å². The van der Waals surface area contributed by atoms with Crippen molar-refractivity contribution < 1.29 is 9.53 Å². The van der Waals surface area contributed by atoms with E-state index in [-0.39, 0.29) is 18.0 Å². The molecule has 1 amide bonds. The van der Waals surface area contributed by atoms with Crippen molar-refractivity contribution in [3.8, 4) is 0 Å². The third-order valence-electron chi connectivity index (χ3n) is 3.34. The van der Waals surface area contributed by atoms with E-state index in [9.17, 15) is 4.79 Å². The summed E-state index contributed by atoms with van der Waals surface area (Å²) in [4.78, 5) is 18.0. The Kier molecular flexibility index (Phi) is 4.28. The maximum atomic E-state index is 12.3. The Morgan fingerprint density at radius 1 is 1.56 bits per heavy atom. The van der Waals surface area contributed by atoms with Gasteiger partial charge in [0.15, 0.2) is 0 Å². The van der Waals surface area contributed by atoms with Crippen molar-refractivity contribution >= 4 is 5.91 Å². The van der Waals surface area contributed by atoms with Crippen LogP contribution in [0.25, 0.3) is 0 Å². The predicted molar refractivity (Wildman–Crippen MR) is 68.0 cm³/mol. The number of aromatic nitrogens is 1. The van der Waals surface area contributed by atoms with E-state index < -0.39 is 0 Å². The molecule has 1 aromatic rings. The van der Waals surface area contributed by atoms with Crippen molar-refractivity contribution in [2.45, 2.75) is 19.0 Å². The molecule has 0 bridgehead atoms. The molecular weight excluding hydrogens is 230 g/mol. The molecule has 0 spiro atoms. The van der Waals surface area contributed by atoms with Crippen molar-refractivity contribution in [3.63, 3.8) is 0 Å². The number of pyridine rings is 1. The van der Waals surface area contributed by atoms with Crippen LogP contribution in [0.4, 0.5) is 0 Å². The average Bonchev–Trinajstić information content (AvgIpc) is 2.47. The van der Waals surface area contributed by atoms with Crippen LogP contribution in [-0.4, -0.2) is 48.6 Å². The number of nitrogens with one attached hydrogen (secondary N) is 1. The van der Waals surface area contributed by atoms with Gasteiger partial charge in [0, 0.05) is 26.0 Å². The molecular formula is C13H19N3O2. The van der Waals surface area contributed by atoms with Gasteiger partial charge in [0.2, 0.25) is 5.91 Å². The lowest BCUT2D eigenvalue weighted by Gasteiger charge is -2.31. The minimum absolute atomic E-state index is 0.0317. The highest BCUT2D eigenvalue weighted by molar-refractivity contribution is 5.82. The van der Waals surface area contributed by atoms with E-state index in [0.29, 0.717) is 13.2 Å². The minimum atomic E-state index is -0.229. The van der Waals surface area contributed by atoms with Gasteiger partial charge in [-0.1, -0.05) is 0 Å². The predicted octanol–water partition coefficient (Wildman–Crippen LogP) is 0.589. The Bertz CT molecular complexity index is 390. The zero-order valence-corrected chi connectivity index (χ0v) is 10.8. The van der Waals surface area contributed by atoms with Crippen molar-refractivity contribution in [2.24, 2.45) is 0 Å². The molecule has 2 unspecified atom stereocenters. The van der Waals surface area contributed by atoms with Gasteiger partial charge in [-0.05, 0) is 24.6 Å². The lowest BCUT2D eigenvalue weighted by Crippen LogP contribution is -2.52. The van der Waals surface area contributed by atoms with E-state index >= 15 is 0 Å². The summed E-state index contributed by atoms with van der Waals surface area (Å²) in [6, 6.07) is 3.66. The Hall–Kier alpha value is -1.46. The highest BCUT2D eigenvalue weighted by Gasteiger charge is 2.27. The van der Waals surface area contributed by atoms with Crippen LogP contribution >= 0.6 is 0 Å². The molecule has 1 aliphatic rings. The van der Waals surface area contributed by atoms with Crippen LogP contribution in [0.2, 0.25) is 0 Å².